The Bertz CT molecular complexity index is 438. The number of hydrogen-bond acceptors (Lipinski definition) is 2. The van der Waals surface area contributed by atoms with Crippen LogP contribution in [0.4, 0.5) is 0 Å². The lowest BCUT2D eigenvalue weighted by Crippen LogP contribution is -2.27. The average molecular weight is 253 g/mol. The van der Waals surface area contributed by atoms with Crippen molar-refractivity contribution in [3.8, 4) is 5.75 Å². The van der Waals surface area contributed by atoms with Gasteiger partial charge in [0.1, 0.15) is 12.4 Å². The second-order valence-electron chi connectivity index (χ2n) is 5.23. The van der Waals surface area contributed by atoms with Crippen LogP contribution in [0.3, 0.4) is 0 Å². The highest BCUT2D eigenvalue weighted by molar-refractivity contribution is 6.64. The van der Waals surface area contributed by atoms with Gasteiger partial charge in [-0.25, -0.2) is 0 Å². The summed E-state index contributed by atoms with van der Waals surface area (Å²) in [5.41, 5.74) is 2.16. The van der Waals surface area contributed by atoms with Crippen LogP contribution >= 0.6 is 11.6 Å². The van der Waals surface area contributed by atoms with Crippen LogP contribution in [0.25, 0.3) is 0 Å². The second kappa shape index (κ2) is 4.69. The third kappa shape index (κ3) is 2.81. The summed E-state index contributed by atoms with van der Waals surface area (Å²) in [4.78, 5) is 11.2. The van der Waals surface area contributed by atoms with Crippen LogP contribution in [0.1, 0.15) is 31.4 Å². The molecule has 0 saturated carbocycles. The zero-order valence-electron chi connectivity index (χ0n) is 10.3. The van der Waals surface area contributed by atoms with E-state index in [0.717, 1.165) is 12.2 Å². The van der Waals surface area contributed by atoms with Crippen LogP contribution in [0.5, 0.6) is 5.75 Å². The monoisotopic (exact) mass is 252 g/mol. The fourth-order valence-electron chi connectivity index (χ4n) is 1.96. The maximum Gasteiger partial charge on any atom is 0.230 e. The summed E-state index contributed by atoms with van der Waals surface area (Å²) in [6.45, 7) is 3.89. The molecule has 0 spiro atoms. The molecule has 0 unspecified atom stereocenters. The van der Waals surface area contributed by atoms with E-state index in [9.17, 15) is 4.79 Å². The van der Waals surface area contributed by atoms with Crippen LogP contribution in [0.15, 0.2) is 18.2 Å². The molecule has 0 N–H and O–H groups in total. The highest BCUT2D eigenvalue weighted by atomic mass is 35.5. The van der Waals surface area contributed by atoms with Gasteiger partial charge in [0.05, 0.1) is 5.41 Å². The molecular formula is C14H17ClO2. The van der Waals surface area contributed by atoms with Crippen molar-refractivity contribution in [3.63, 3.8) is 0 Å². The molecule has 2 rings (SSSR count). The van der Waals surface area contributed by atoms with Gasteiger partial charge in [0.15, 0.2) is 0 Å². The van der Waals surface area contributed by atoms with E-state index in [0.29, 0.717) is 6.61 Å². The molecule has 2 nitrogen and oxygen atoms in total. The van der Waals surface area contributed by atoms with E-state index in [1.807, 2.05) is 6.07 Å². The van der Waals surface area contributed by atoms with Crippen molar-refractivity contribution in [2.24, 2.45) is 5.41 Å². The van der Waals surface area contributed by atoms with Gasteiger partial charge in [0.25, 0.3) is 0 Å². The zero-order valence-corrected chi connectivity index (χ0v) is 11.0. The van der Waals surface area contributed by atoms with E-state index in [4.69, 9.17) is 16.3 Å². The van der Waals surface area contributed by atoms with E-state index >= 15 is 0 Å². The molecule has 0 amide bonds. The lowest BCUT2D eigenvalue weighted by Gasteiger charge is -2.20. The van der Waals surface area contributed by atoms with Crippen LogP contribution < -0.4 is 4.74 Å². The summed E-state index contributed by atoms with van der Waals surface area (Å²) in [6, 6.07) is 6.17. The first kappa shape index (κ1) is 12.4. The van der Waals surface area contributed by atoms with Crippen LogP contribution in [-0.4, -0.2) is 11.8 Å². The van der Waals surface area contributed by atoms with E-state index in [1.54, 1.807) is 13.8 Å². The van der Waals surface area contributed by atoms with Crippen molar-refractivity contribution in [1.29, 1.82) is 0 Å². The van der Waals surface area contributed by atoms with Gasteiger partial charge in [-0.05, 0) is 68.0 Å². The Labute approximate surface area is 107 Å². The van der Waals surface area contributed by atoms with Gasteiger partial charge >= 0.3 is 0 Å². The quantitative estimate of drug-likeness (QED) is 0.769. The molecule has 92 valence electrons. The fraction of sp³-hybridized carbons (Fsp3) is 0.500. The van der Waals surface area contributed by atoms with Gasteiger partial charge in [-0.3, -0.25) is 4.79 Å². The van der Waals surface area contributed by atoms with Crippen LogP contribution in [0, 0.1) is 5.41 Å². The summed E-state index contributed by atoms with van der Waals surface area (Å²) in [6.07, 6.45) is 3.52. The smallest absolute Gasteiger partial charge is 0.230 e. The minimum Gasteiger partial charge on any atom is -0.493 e. The first-order valence-corrected chi connectivity index (χ1v) is 6.31. The SMILES string of the molecule is CC(C)(COc1ccc2c(c1)CCC2)C(=O)Cl. The molecule has 17 heavy (non-hydrogen) atoms. The lowest BCUT2D eigenvalue weighted by molar-refractivity contribution is -0.120. The van der Waals surface area contributed by atoms with Crippen LogP contribution in [0.2, 0.25) is 0 Å². The molecule has 0 atom stereocenters. The summed E-state index contributed by atoms with van der Waals surface area (Å²) in [5, 5.41) is -0.362. The first-order valence-electron chi connectivity index (χ1n) is 5.93. The van der Waals surface area contributed by atoms with E-state index in [2.05, 4.69) is 12.1 Å². The Morgan fingerprint density at radius 2 is 2.06 bits per heavy atom. The number of hydrogen-bond donors (Lipinski definition) is 0. The normalized spacial score (nSPS) is 14.5. The highest BCUT2D eigenvalue weighted by Gasteiger charge is 2.27. The maximum atomic E-state index is 11.2. The number of ether oxygens (including phenoxy) is 1. The van der Waals surface area contributed by atoms with Gasteiger partial charge < -0.3 is 4.74 Å². The van der Waals surface area contributed by atoms with E-state index < -0.39 is 5.41 Å². The topological polar surface area (TPSA) is 26.3 Å². The number of carbonyl (C=O) groups excluding carboxylic acids is 1. The fourth-order valence-corrected chi connectivity index (χ4v) is 2.01. The van der Waals surface area contributed by atoms with Gasteiger partial charge in [-0.2, -0.15) is 0 Å². The molecule has 0 aliphatic heterocycles. The number of halogens is 1. The average Bonchev–Trinajstić information content (AvgIpc) is 2.73. The summed E-state index contributed by atoms with van der Waals surface area (Å²) in [7, 11) is 0. The molecule has 0 fully saturated rings. The minimum absolute atomic E-state index is 0.314. The second-order valence-corrected chi connectivity index (χ2v) is 5.57. The number of fused-ring (bicyclic) bond motifs is 1. The van der Waals surface area contributed by atoms with Gasteiger partial charge in [-0.15, -0.1) is 0 Å². The summed E-state index contributed by atoms with van der Waals surface area (Å²) < 4.78 is 5.65. The number of carbonyl (C=O) groups is 1. The van der Waals surface area contributed by atoms with Crippen molar-refractivity contribution in [1.82, 2.24) is 0 Å². The molecule has 1 aromatic rings. The predicted molar refractivity (Wildman–Crippen MR) is 68.6 cm³/mol. The third-order valence-electron chi connectivity index (χ3n) is 3.20. The Kier molecular flexibility index (Phi) is 3.43. The molecule has 0 heterocycles. The summed E-state index contributed by atoms with van der Waals surface area (Å²) >= 11 is 5.51. The Hall–Kier alpha value is -1.02. The number of rotatable bonds is 4. The molecular weight excluding hydrogens is 236 g/mol. The largest absolute Gasteiger partial charge is 0.493 e. The van der Waals surface area contributed by atoms with Crippen molar-refractivity contribution < 1.29 is 9.53 Å². The van der Waals surface area contributed by atoms with Crippen molar-refractivity contribution in [3.05, 3.63) is 29.3 Å². The first-order chi connectivity index (χ1) is 7.99. The summed E-state index contributed by atoms with van der Waals surface area (Å²) in [5.74, 6) is 0.830. The standard InChI is InChI=1S/C14H17ClO2/c1-14(2,13(15)16)9-17-12-7-6-10-4-3-5-11(10)8-12/h6-8H,3-5,9H2,1-2H3. The molecule has 0 radical (unpaired) electrons. The molecule has 1 aromatic carbocycles. The molecule has 0 saturated heterocycles. The highest BCUT2D eigenvalue weighted by Crippen LogP contribution is 2.27. The Morgan fingerprint density at radius 3 is 2.76 bits per heavy atom. The number of aryl methyl sites for hydroxylation is 2. The molecule has 3 heteroatoms. The predicted octanol–water partition coefficient (Wildman–Crippen LogP) is 3.35. The Balaban J connectivity index is 2.03. The van der Waals surface area contributed by atoms with Crippen molar-refractivity contribution in [2.75, 3.05) is 6.61 Å². The lowest BCUT2D eigenvalue weighted by atomic mass is 9.97. The molecule has 0 bridgehead atoms. The van der Waals surface area contributed by atoms with Gasteiger partial charge in [0, 0.05) is 0 Å². The zero-order chi connectivity index (χ0) is 12.5. The molecule has 1 aliphatic rings. The van der Waals surface area contributed by atoms with E-state index in [-0.39, 0.29) is 5.24 Å². The van der Waals surface area contributed by atoms with E-state index in [1.165, 1.54) is 24.0 Å². The van der Waals surface area contributed by atoms with Crippen molar-refractivity contribution in [2.45, 2.75) is 33.1 Å². The minimum atomic E-state index is -0.638. The number of benzene rings is 1. The van der Waals surface area contributed by atoms with Gasteiger partial charge in [-0.1, -0.05) is 6.07 Å². The Morgan fingerprint density at radius 1 is 1.35 bits per heavy atom. The van der Waals surface area contributed by atoms with Crippen LogP contribution in [-0.2, 0) is 17.6 Å². The molecule has 0 aromatic heterocycles. The van der Waals surface area contributed by atoms with Gasteiger partial charge in [0.2, 0.25) is 5.24 Å². The molecule has 1 aliphatic carbocycles. The third-order valence-corrected chi connectivity index (χ3v) is 3.71. The maximum absolute atomic E-state index is 11.2. The van der Waals surface area contributed by atoms with Crippen molar-refractivity contribution >= 4 is 16.8 Å².